The summed E-state index contributed by atoms with van der Waals surface area (Å²) in [6.45, 7) is 3.70. The van der Waals surface area contributed by atoms with Gasteiger partial charge in [-0.15, -0.1) is 0 Å². The third-order valence-electron chi connectivity index (χ3n) is 4.18. The number of carbonyl (C=O) groups excluding carboxylic acids is 4. The number of benzene rings is 1. The summed E-state index contributed by atoms with van der Waals surface area (Å²) in [5, 5.41) is 2.10. The molecule has 1 saturated heterocycles. The predicted molar refractivity (Wildman–Crippen MR) is 77.2 cm³/mol. The van der Waals surface area contributed by atoms with E-state index < -0.39 is 35.5 Å². The molecule has 1 atom stereocenters. The lowest BCUT2D eigenvalue weighted by Gasteiger charge is -2.27. The van der Waals surface area contributed by atoms with Crippen LogP contribution in [0.4, 0.5) is 4.39 Å². The van der Waals surface area contributed by atoms with Crippen molar-refractivity contribution in [1.82, 2.24) is 10.2 Å². The van der Waals surface area contributed by atoms with Gasteiger partial charge in [0.1, 0.15) is 11.9 Å². The molecule has 0 saturated carbocycles. The summed E-state index contributed by atoms with van der Waals surface area (Å²) in [6.07, 6.45) is 0.0817. The van der Waals surface area contributed by atoms with E-state index in [9.17, 15) is 23.6 Å². The third kappa shape index (κ3) is 2.32. The molecule has 120 valence electrons. The molecular weight excluding hydrogens is 303 g/mol. The van der Waals surface area contributed by atoms with E-state index in [4.69, 9.17) is 0 Å². The van der Waals surface area contributed by atoms with Gasteiger partial charge in [-0.3, -0.25) is 29.4 Å². The van der Waals surface area contributed by atoms with Gasteiger partial charge in [0.05, 0.1) is 11.1 Å². The summed E-state index contributed by atoms with van der Waals surface area (Å²) >= 11 is 0. The maximum atomic E-state index is 14.3. The normalized spacial score (nSPS) is 21.0. The van der Waals surface area contributed by atoms with Crippen LogP contribution in [0, 0.1) is 5.82 Å². The molecule has 0 radical (unpaired) electrons. The summed E-state index contributed by atoms with van der Waals surface area (Å²) in [5.74, 6) is -3.45. The minimum absolute atomic E-state index is 0.0117. The van der Waals surface area contributed by atoms with Crippen molar-refractivity contribution in [2.75, 3.05) is 0 Å². The van der Waals surface area contributed by atoms with Gasteiger partial charge in [-0.25, -0.2) is 4.39 Å². The van der Waals surface area contributed by atoms with Gasteiger partial charge in [0.25, 0.3) is 11.8 Å². The van der Waals surface area contributed by atoms with E-state index >= 15 is 0 Å². The maximum absolute atomic E-state index is 14.3. The second kappa shape index (κ2) is 5.26. The van der Waals surface area contributed by atoms with Crippen LogP contribution >= 0.6 is 0 Å². The van der Waals surface area contributed by atoms with Crippen molar-refractivity contribution in [3.8, 4) is 0 Å². The highest BCUT2D eigenvalue weighted by Crippen LogP contribution is 2.31. The number of halogens is 1. The summed E-state index contributed by atoms with van der Waals surface area (Å²) in [5.41, 5.74) is 0.278. The van der Waals surface area contributed by atoms with Crippen LogP contribution in [0.15, 0.2) is 12.1 Å². The molecule has 0 aliphatic carbocycles. The first-order valence-electron chi connectivity index (χ1n) is 7.36. The van der Waals surface area contributed by atoms with Gasteiger partial charge in [-0.2, -0.15) is 0 Å². The molecular formula is C16H15FN2O4. The first-order valence-corrected chi connectivity index (χ1v) is 7.36. The number of amides is 4. The Bertz CT molecular complexity index is 757. The molecule has 1 aromatic carbocycles. The number of hydrogen-bond donors (Lipinski definition) is 1. The molecule has 1 aromatic rings. The van der Waals surface area contributed by atoms with Gasteiger partial charge in [-0.1, -0.05) is 13.8 Å². The maximum Gasteiger partial charge on any atom is 0.265 e. The summed E-state index contributed by atoms with van der Waals surface area (Å²) in [4.78, 5) is 48.9. The fourth-order valence-corrected chi connectivity index (χ4v) is 2.90. The lowest BCUT2D eigenvalue weighted by Crippen LogP contribution is -2.54. The van der Waals surface area contributed by atoms with Crippen LogP contribution in [-0.4, -0.2) is 34.6 Å². The first-order chi connectivity index (χ1) is 10.8. The van der Waals surface area contributed by atoms with Crippen molar-refractivity contribution >= 4 is 23.6 Å². The number of nitrogens with one attached hydrogen (secondary N) is 1. The van der Waals surface area contributed by atoms with Crippen LogP contribution in [0.25, 0.3) is 0 Å². The first kappa shape index (κ1) is 15.3. The number of nitrogens with zero attached hydrogens (tertiary/aromatic N) is 1. The monoisotopic (exact) mass is 318 g/mol. The van der Waals surface area contributed by atoms with Crippen LogP contribution in [0.5, 0.6) is 0 Å². The number of piperidine rings is 1. The molecule has 0 bridgehead atoms. The molecule has 0 spiro atoms. The molecule has 0 unspecified atom stereocenters. The van der Waals surface area contributed by atoms with Crippen LogP contribution in [0.1, 0.15) is 58.9 Å². The molecule has 7 heteroatoms. The average Bonchev–Trinajstić information content (AvgIpc) is 2.72. The second-order valence-electron chi connectivity index (χ2n) is 6.03. The lowest BCUT2D eigenvalue weighted by atomic mass is 9.98. The zero-order valence-corrected chi connectivity index (χ0v) is 12.7. The number of imide groups is 2. The highest BCUT2D eigenvalue weighted by molar-refractivity contribution is 6.23. The molecule has 1 fully saturated rings. The molecule has 1 N–H and O–H groups in total. The highest BCUT2D eigenvalue weighted by Gasteiger charge is 2.46. The van der Waals surface area contributed by atoms with Crippen molar-refractivity contribution in [3.05, 3.63) is 34.6 Å². The predicted octanol–water partition coefficient (Wildman–Crippen LogP) is 1.35. The van der Waals surface area contributed by atoms with Crippen molar-refractivity contribution < 1.29 is 23.6 Å². The summed E-state index contributed by atoms with van der Waals surface area (Å²) in [7, 11) is 0. The van der Waals surface area contributed by atoms with Gasteiger partial charge in [-0.05, 0) is 30.0 Å². The second-order valence-corrected chi connectivity index (χ2v) is 6.03. The molecule has 0 aromatic heterocycles. The topological polar surface area (TPSA) is 83.6 Å². The van der Waals surface area contributed by atoms with E-state index in [0.717, 1.165) is 4.90 Å². The average molecular weight is 318 g/mol. The van der Waals surface area contributed by atoms with E-state index in [1.54, 1.807) is 0 Å². The molecule has 2 aliphatic heterocycles. The molecule has 2 aliphatic rings. The zero-order chi connectivity index (χ0) is 16.9. The lowest BCUT2D eigenvalue weighted by molar-refractivity contribution is -0.136. The summed E-state index contributed by atoms with van der Waals surface area (Å²) < 4.78 is 14.3. The standard InChI is InChI=1S/C16H15FN2O4/c1-7(2)8-5-9-13(10(17)6-8)16(23)19(15(9)22)11-3-4-12(20)18-14(11)21/h5-7,11H,3-4H2,1-2H3,(H,18,20,21)/t11-/m1/s1. The molecule has 6 nitrogen and oxygen atoms in total. The number of rotatable bonds is 2. The van der Waals surface area contributed by atoms with Gasteiger partial charge >= 0.3 is 0 Å². The third-order valence-corrected chi connectivity index (χ3v) is 4.18. The molecule has 4 amide bonds. The van der Waals surface area contributed by atoms with Gasteiger partial charge < -0.3 is 0 Å². The van der Waals surface area contributed by atoms with Crippen LogP contribution in [0.3, 0.4) is 0 Å². The number of hydrogen-bond acceptors (Lipinski definition) is 4. The van der Waals surface area contributed by atoms with Crippen molar-refractivity contribution in [1.29, 1.82) is 0 Å². The van der Waals surface area contributed by atoms with E-state index in [2.05, 4.69) is 5.32 Å². The quantitative estimate of drug-likeness (QED) is 0.834. The van der Waals surface area contributed by atoms with Crippen molar-refractivity contribution in [2.24, 2.45) is 0 Å². The molecule has 3 rings (SSSR count). The Morgan fingerprint density at radius 1 is 1.17 bits per heavy atom. The molecule has 23 heavy (non-hydrogen) atoms. The Morgan fingerprint density at radius 2 is 1.87 bits per heavy atom. The SMILES string of the molecule is CC(C)c1cc(F)c2c(c1)C(=O)N([C@@H]1CCC(=O)NC1=O)C2=O. The smallest absolute Gasteiger partial charge is 0.265 e. The minimum atomic E-state index is -1.08. The Kier molecular flexibility index (Phi) is 3.50. The van der Waals surface area contributed by atoms with E-state index in [0.29, 0.717) is 5.56 Å². The van der Waals surface area contributed by atoms with Crippen molar-refractivity contribution in [2.45, 2.75) is 38.6 Å². The summed E-state index contributed by atoms with van der Waals surface area (Å²) in [6, 6.07) is 1.65. The zero-order valence-electron chi connectivity index (χ0n) is 12.7. The van der Waals surface area contributed by atoms with Crippen molar-refractivity contribution in [3.63, 3.8) is 0 Å². The van der Waals surface area contributed by atoms with Crippen LogP contribution < -0.4 is 5.32 Å². The van der Waals surface area contributed by atoms with E-state index in [1.807, 2.05) is 13.8 Å². The van der Waals surface area contributed by atoms with Gasteiger partial charge in [0.15, 0.2) is 0 Å². The largest absolute Gasteiger partial charge is 0.295 e. The number of carbonyl (C=O) groups is 4. The van der Waals surface area contributed by atoms with Gasteiger partial charge in [0, 0.05) is 6.42 Å². The number of fused-ring (bicyclic) bond motifs is 1. The van der Waals surface area contributed by atoms with Crippen LogP contribution in [0.2, 0.25) is 0 Å². The van der Waals surface area contributed by atoms with E-state index in [1.165, 1.54) is 12.1 Å². The fourth-order valence-electron chi connectivity index (χ4n) is 2.90. The molecule has 2 heterocycles. The fraction of sp³-hybridized carbons (Fsp3) is 0.375. The van der Waals surface area contributed by atoms with E-state index in [-0.39, 0.29) is 29.9 Å². The van der Waals surface area contributed by atoms with Gasteiger partial charge in [0.2, 0.25) is 11.8 Å². The Hall–Kier alpha value is -2.57. The Balaban J connectivity index is 2.02. The Morgan fingerprint density at radius 3 is 2.48 bits per heavy atom. The van der Waals surface area contributed by atoms with Crippen LogP contribution in [-0.2, 0) is 9.59 Å². The Labute approximate surface area is 131 Å². The highest BCUT2D eigenvalue weighted by atomic mass is 19.1. The minimum Gasteiger partial charge on any atom is -0.295 e.